The van der Waals surface area contributed by atoms with E-state index in [-0.39, 0.29) is 6.04 Å². The second-order valence-electron chi connectivity index (χ2n) is 5.19. The van der Waals surface area contributed by atoms with Crippen molar-refractivity contribution >= 4 is 5.57 Å². The van der Waals surface area contributed by atoms with Gasteiger partial charge in [0.1, 0.15) is 0 Å². The van der Waals surface area contributed by atoms with Crippen LogP contribution in [0.25, 0.3) is 5.57 Å². The first-order chi connectivity index (χ1) is 9.58. The van der Waals surface area contributed by atoms with E-state index in [1.54, 1.807) is 12.2 Å². The summed E-state index contributed by atoms with van der Waals surface area (Å²) in [5.74, 6) is 0.486. The Morgan fingerprint density at radius 2 is 1.80 bits per heavy atom. The number of nitrogens with two attached hydrogens (primary N) is 1. The van der Waals surface area contributed by atoms with Crippen molar-refractivity contribution in [2.75, 3.05) is 0 Å². The highest BCUT2D eigenvalue weighted by Gasteiger charge is 2.08. The molecule has 0 amide bonds. The van der Waals surface area contributed by atoms with Crippen molar-refractivity contribution in [3.8, 4) is 0 Å². The lowest BCUT2D eigenvalue weighted by atomic mass is 9.93. The van der Waals surface area contributed by atoms with Gasteiger partial charge in [-0.15, -0.1) is 0 Å². The minimum absolute atomic E-state index is 0.233. The summed E-state index contributed by atoms with van der Waals surface area (Å²) in [7, 11) is 0. The van der Waals surface area contributed by atoms with Gasteiger partial charge in [0.05, 0.1) is 0 Å². The Morgan fingerprint density at radius 1 is 1.15 bits per heavy atom. The summed E-state index contributed by atoms with van der Waals surface area (Å²) in [5.41, 5.74) is 9.51. The van der Waals surface area contributed by atoms with Gasteiger partial charge >= 0.3 is 0 Å². The second kappa shape index (κ2) is 8.34. The summed E-state index contributed by atoms with van der Waals surface area (Å²) in [4.78, 5) is 0. The summed E-state index contributed by atoms with van der Waals surface area (Å²) in [6.45, 7) is 11.7. The number of hydrogen-bond donors (Lipinski definition) is 1. The van der Waals surface area contributed by atoms with E-state index in [1.165, 1.54) is 11.1 Å². The first-order valence-electron chi connectivity index (χ1n) is 7.06. The topological polar surface area (TPSA) is 26.0 Å². The van der Waals surface area contributed by atoms with Crippen molar-refractivity contribution in [1.82, 2.24) is 0 Å². The van der Waals surface area contributed by atoms with Gasteiger partial charge in [-0.25, -0.2) is 0 Å². The Hall–Kier alpha value is -1.86. The van der Waals surface area contributed by atoms with E-state index in [9.17, 15) is 0 Å². The standard InChI is InChI=1S/C19H25N/c1-5-7-9-18(8-6-2)19-12-10-17(11-13-19)15(3)14-16(4)20/h5-13,15-16H,1-2,14,20H2,3-4H3/b9-7-,18-8+. The summed E-state index contributed by atoms with van der Waals surface area (Å²) >= 11 is 0. The van der Waals surface area contributed by atoms with Crippen LogP contribution < -0.4 is 5.73 Å². The monoisotopic (exact) mass is 267 g/mol. The van der Waals surface area contributed by atoms with Crippen LogP contribution in [0.3, 0.4) is 0 Å². The van der Waals surface area contributed by atoms with E-state index in [0.29, 0.717) is 5.92 Å². The minimum Gasteiger partial charge on any atom is -0.328 e. The van der Waals surface area contributed by atoms with Crippen LogP contribution in [-0.2, 0) is 0 Å². The van der Waals surface area contributed by atoms with Gasteiger partial charge in [0.25, 0.3) is 0 Å². The van der Waals surface area contributed by atoms with Gasteiger partial charge in [-0.1, -0.05) is 74.7 Å². The maximum Gasteiger partial charge on any atom is 0.00162 e. The Bertz CT molecular complexity index is 489. The molecule has 0 heterocycles. The Morgan fingerprint density at radius 3 is 2.30 bits per heavy atom. The maximum atomic E-state index is 5.86. The molecule has 1 heteroatoms. The molecule has 1 aromatic rings. The van der Waals surface area contributed by atoms with E-state index in [2.05, 4.69) is 51.3 Å². The molecular weight excluding hydrogens is 242 g/mol. The van der Waals surface area contributed by atoms with Crippen molar-refractivity contribution in [2.45, 2.75) is 32.2 Å². The van der Waals surface area contributed by atoms with Crippen LogP contribution in [0.5, 0.6) is 0 Å². The lowest BCUT2D eigenvalue weighted by molar-refractivity contribution is 0.586. The fourth-order valence-corrected chi connectivity index (χ4v) is 2.24. The van der Waals surface area contributed by atoms with Gasteiger partial charge in [-0.2, -0.15) is 0 Å². The minimum atomic E-state index is 0.233. The van der Waals surface area contributed by atoms with E-state index < -0.39 is 0 Å². The molecule has 0 saturated carbocycles. The molecule has 20 heavy (non-hydrogen) atoms. The van der Waals surface area contributed by atoms with E-state index >= 15 is 0 Å². The largest absolute Gasteiger partial charge is 0.328 e. The van der Waals surface area contributed by atoms with E-state index in [1.807, 2.05) is 18.2 Å². The zero-order valence-electron chi connectivity index (χ0n) is 12.5. The van der Waals surface area contributed by atoms with Crippen LogP contribution in [0.1, 0.15) is 37.3 Å². The van der Waals surface area contributed by atoms with Crippen molar-refractivity contribution in [3.63, 3.8) is 0 Å². The summed E-state index contributed by atoms with van der Waals surface area (Å²) in [6, 6.07) is 8.89. The maximum absolute atomic E-state index is 5.86. The molecule has 0 fully saturated rings. The van der Waals surface area contributed by atoms with Gasteiger partial charge in [-0.3, -0.25) is 0 Å². The number of benzene rings is 1. The molecule has 1 rings (SSSR count). The highest BCUT2D eigenvalue weighted by atomic mass is 14.6. The van der Waals surface area contributed by atoms with E-state index in [4.69, 9.17) is 5.73 Å². The predicted octanol–water partition coefficient (Wildman–Crippen LogP) is 4.84. The lowest BCUT2D eigenvalue weighted by Crippen LogP contribution is -2.17. The van der Waals surface area contributed by atoms with Crippen molar-refractivity contribution in [1.29, 1.82) is 0 Å². The molecule has 2 atom stereocenters. The Kier molecular flexibility index (Phi) is 6.75. The third kappa shape index (κ3) is 5.02. The molecule has 0 aliphatic heterocycles. The zero-order valence-corrected chi connectivity index (χ0v) is 12.5. The fraction of sp³-hybridized carbons (Fsp3) is 0.263. The predicted molar refractivity (Wildman–Crippen MR) is 90.6 cm³/mol. The third-order valence-corrected chi connectivity index (χ3v) is 3.25. The van der Waals surface area contributed by atoms with Crippen molar-refractivity contribution in [2.24, 2.45) is 5.73 Å². The third-order valence-electron chi connectivity index (χ3n) is 3.25. The number of hydrogen-bond acceptors (Lipinski definition) is 1. The molecule has 0 aliphatic rings. The van der Waals surface area contributed by atoms with Crippen LogP contribution in [0, 0.1) is 0 Å². The average molecular weight is 267 g/mol. The molecule has 0 bridgehead atoms. The molecular formula is C19H25N. The fourth-order valence-electron chi connectivity index (χ4n) is 2.24. The van der Waals surface area contributed by atoms with Crippen LogP contribution in [-0.4, -0.2) is 6.04 Å². The molecule has 2 N–H and O–H groups in total. The SMILES string of the molecule is C=C/C=C\C(=C/C=C)c1ccc(C(C)CC(C)N)cc1. The molecule has 106 valence electrons. The Labute approximate surface area is 123 Å². The van der Waals surface area contributed by atoms with Crippen LogP contribution >= 0.6 is 0 Å². The van der Waals surface area contributed by atoms with Crippen LogP contribution in [0.2, 0.25) is 0 Å². The molecule has 2 unspecified atom stereocenters. The van der Waals surface area contributed by atoms with E-state index in [0.717, 1.165) is 12.0 Å². The molecule has 0 radical (unpaired) electrons. The van der Waals surface area contributed by atoms with Gasteiger partial charge < -0.3 is 5.73 Å². The summed E-state index contributed by atoms with van der Waals surface area (Å²) in [5, 5.41) is 0. The first-order valence-corrected chi connectivity index (χ1v) is 7.06. The molecule has 0 aromatic heterocycles. The quantitative estimate of drug-likeness (QED) is 0.703. The average Bonchev–Trinajstić information content (AvgIpc) is 2.43. The highest BCUT2D eigenvalue weighted by molar-refractivity contribution is 5.75. The van der Waals surface area contributed by atoms with Crippen LogP contribution in [0.4, 0.5) is 0 Å². The molecule has 0 spiro atoms. The summed E-state index contributed by atoms with van der Waals surface area (Å²) in [6.07, 6.45) is 10.5. The number of rotatable bonds is 7. The smallest absolute Gasteiger partial charge is 0.00162 e. The molecule has 1 aromatic carbocycles. The van der Waals surface area contributed by atoms with Gasteiger partial charge in [0.15, 0.2) is 0 Å². The van der Waals surface area contributed by atoms with Crippen molar-refractivity contribution < 1.29 is 0 Å². The molecule has 0 saturated heterocycles. The van der Waals surface area contributed by atoms with Crippen LogP contribution in [0.15, 0.2) is 67.8 Å². The normalized spacial score (nSPS) is 15.1. The van der Waals surface area contributed by atoms with Crippen molar-refractivity contribution in [3.05, 3.63) is 78.9 Å². The van der Waals surface area contributed by atoms with Gasteiger partial charge in [-0.05, 0) is 36.0 Å². The summed E-state index contributed by atoms with van der Waals surface area (Å²) < 4.78 is 0. The molecule has 1 nitrogen and oxygen atoms in total. The lowest BCUT2D eigenvalue weighted by Gasteiger charge is -2.15. The second-order valence-corrected chi connectivity index (χ2v) is 5.19. The van der Waals surface area contributed by atoms with Gasteiger partial charge in [0, 0.05) is 6.04 Å². The highest BCUT2D eigenvalue weighted by Crippen LogP contribution is 2.23. The zero-order chi connectivity index (χ0) is 15.0. The Balaban J connectivity index is 2.93. The molecule has 0 aliphatic carbocycles. The van der Waals surface area contributed by atoms with Gasteiger partial charge in [0.2, 0.25) is 0 Å². The first kappa shape index (κ1) is 16.2. The number of allylic oxidation sites excluding steroid dienone is 6.